The normalized spacial score (nSPS) is 10.9. The Balaban J connectivity index is 1.41. The van der Waals surface area contributed by atoms with Crippen LogP contribution in [0, 0.1) is 13.8 Å². The van der Waals surface area contributed by atoms with E-state index in [-0.39, 0.29) is 5.91 Å². The molecule has 170 valence electrons. The third kappa shape index (κ3) is 5.52. The number of fused-ring (bicyclic) bond motifs is 1. The molecule has 0 bridgehead atoms. The van der Waals surface area contributed by atoms with Crippen molar-refractivity contribution in [3.63, 3.8) is 0 Å². The lowest BCUT2D eigenvalue weighted by Crippen LogP contribution is -2.26. The molecule has 0 fully saturated rings. The molecular formula is C27H29N3O3. The predicted molar refractivity (Wildman–Crippen MR) is 130 cm³/mol. The minimum absolute atomic E-state index is 0.113. The van der Waals surface area contributed by atoms with Crippen LogP contribution >= 0.6 is 0 Å². The second-order valence-corrected chi connectivity index (χ2v) is 8.07. The van der Waals surface area contributed by atoms with Gasteiger partial charge in [-0.3, -0.25) is 4.79 Å². The summed E-state index contributed by atoms with van der Waals surface area (Å²) in [7, 11) is 1.61. The molecule has 4 aromatic rings. The molecule has 4 rings (SSSR count). The van der Waals surface area contributed by atoms with Crippen LogP contribution in [0.1, 0.15) is 27.3 Å². The van der Waals surface area contributed by atoms with Crippen molar-refractivity contribution in [2.45, 2.75) is 26.8 Å². The Morgan fingerprint density at radius 2 is 1.70 bits per heavy atom. The molecule has 0 saturated carbocycles. The Bertz CT molecular complexity index is 1230. The molecule has 1 heterocycles. The first-order chi connectivity index (χ1) is 16.0. The van der Waals surface area contributed by atoms with E-state index in [1.165, 1.54) is 11.1 Å². The summed E-state index contributed by atoms with van der Waals surface area (Å²) in [6, 6.07) is 21.4. The fraction of sp³-hybridized carbons (Fsp3) is 0.259. The van der Waals surface area contributed by atoms with E-state index in [2.05, 4.69) is 48.0 Å². The SMILES string of the molecule is COc1ccc(C(=O)NCCc2nc3ccccc3n2CCOc2cc(C)cc(C)c2)cc1. The Kier molecular flexibility index (Phi) is 6.93. The van der Waals surface area contributed by atoms with Crippen molar-refractivity contribution in [2.75, 3.05) is 20.3 Å². The fourth-order valence-electron chi connectivity index (χ4n) is 3.97. The number of aromatic nitrogens is 2. The molecular weight excluding hydrogens is 414 g/mol. The molecule has 6 nitrogen and oxygen atoms in total. The molecule has 0 saturated heterocycles. The Morgan fingerprint density at radius 1 is 0.970 bits per heavy atom. The summed E-state index contributed by atoms with van der Waals surface area (Å²) in [5, 5.41) is 2.99. The van der Waals surface area contributed by atoms with Gasteiger partial charge in [0, 0.05) is 18.5 Å². The van der Waals surface area contributed by atoms with Gasteiger partial charge in [-0.2, -0.15) is 0 Å². The third-order valence-corrected chi connectivity index (χ3v) is 5.50. The molecule has 33 heavy (non-hydrogen) atoms. The van der Waals surface area contributed by atoms with Crippen LogP contribution in [0.3, 0.4) is 0 Å². The van der Waals surface area contributed by atoms with Crippen molar-refractivity contribution in [1.29, 1.82) is 0 Å². The van der Waals surface area contributed by atoms with Crippen LogP contribution in [0.4, 0.5) is 0 Å². The second-order valence-electron chi connectivity index (χ2n) is 8.07. The predicted octanol–water partition coefficient (Wildman–Crippen LogP) is 4.71. The number of hydrogen-bond acceptors (Lipinski definition) is 4. The number of nitrogens with zero attached hydrogens (tertiary/aromatic N) is 2. The molecule has 1 amide bonds. The maximum absolute atomic E-state index is 12.5. The number of hydrogen-bond donors (Lipinski definition) is 1. The number of amides is 1. The van der Waals surface area contributed by atoms with Crippen LogP contribution in [0.25, 0.3) is 11.0 Å². The first-order valence-electron chi connectivity index (χ1n) is 11.1. The van der Waals surface area contributed by atoms with Gasteiger partial charge < -0.3 is 19.4 Å². The molecule has 0 aliphatic heterocycles. The Hall–Kier alpha value is -3.80. The number of ether oxygens (including phenoxy) is 2. The average Bonchev–Trinajstić information content (AvgIpc) is 3.16. The first kappa shape index (κ1) is 22.4. The van der Waals surface area contributed by atoms with Crippen molar-refractivity contribution in [1.82, 2.24) is 14.9 Å². The van der Waals surface area contributed by atoms with Crippen molar-refractivity contribution >= 4 is 16.9 Å². The van der Waals surface area contributed by atoms with Gasteiger partial charge in [0.1, 0.15) is 23.9 Å². The number of benzene rings is 3. The van der Waals surface area contributed by atoms with E-state index >= 15 is 0 Å². The molecule has 1 N–H and O–H groups in total. The number of imidazole rings is 1. The Morgan fingerprint density at radius 3 is 2.42 bits per heavy atom. The van der Waals surface area contributed by atoms with Crippen LogP contribution in [-0.2, 0) is 13.0 Å². The lowest BCUT2D eigenvalue weighted by molar-refractivity contribution is 0.0954. The zero-order valence-electron chi connectivity index (χ0n) is 19.3. The summed E-state index contributed by atoms with van der Waals surface area (Å²) in [4.78, 5) is 17.3. The topological polar surface area (TPSA) is 65.4 Å². The van der Waals surface area contributed by atoms with Crippen LogP contribution in [0.2, 0.25) is 0 Å². The van der Waals surface area contributed by atoms with Crippen LogP contribution < -0.4 is 14.8 Å². The number of carbonyl (C=O) groups excluding carboxylic acids is 1. The minimum atomic E-state index is -0.113. The highest BCUT2D eigenvalue weighted by atomic mass is 16.5. The van der Waals surface area contributed by atoms with E-state index in [0.717, 1.165) is 28.4 Å². The zero-order valence-corrected chi connectivity index (χ0v) is 19.3. The first-order valence-corrected chi connectivity index (χ1v) is 11.1. The van der Waals surface area contributed by atoms with Gasteiger partial charge in [-0.1, -0.05) is 18.2 Å². The maximum Gasteiger partial charge on any atom is 0.251 e. The number of carbonyl (C=O) groups is 1. The summed E-state index contributed by atoms with van der Waals surface area (Å²) in [5.41, 5.74) is 4.99. The van der Waals surface area contributed by atoms with Gasteiger partial charge in [-0.25, -0.2) is 4.98 Å². The highest BCUT2D eigenvalue weighted by molar-refractivity contribution is 5.94. The summed E-state index contributed by atoms with van der Waals surface area (Å²) in [6.45, 7) is 5.85. The second kappa shape index (κ2) is 10.2. The van der Waals surface area contributed by atoms with Gasteiger partial charge in [-0.15, -0.1) is 0 Å². The molecule has 1 aromatic heterocycles. The summed E-state index contributed by atoms with van der Waals surface area (Å²) < 4.78 is 13.4. The fourth-order valence-corrected chi connectivity index (χ4v) is 3.97. The van der Waals surface area contributed by atoms with Crippen molar-refractivity contribution in [3.8, 4) is 11.5 Å². The van der Waals surface area contributed by atoms with E-state index in [0.29, 0.717) is 31.7 Å². The standard InChI is InChI=1S/C27H29N3O3/c1-19-16-20(2)18-23(17-19)33-15-14-30-25-7-5-4-6-24(25)29-26(30)12-13-28-27(31)21-8-10-22(32-3)11-9-21/h4-11,16-18H,12-15H2,1-3H3,(H,28,31). The minimum Gasteiger partial charge on any atom is -0.497 e. The number of nitrogens with one attached hydrogen (secondary N) is 1. The Labute approximate surface area is 194 Å². The van der Waals surface area contributed by atoms with E-state index in [1.807, 2.05) is 18.2 Å². The number of aryl methyl sites for hydroxylation is 2. The molecule has 0 radical (unpaired) electrons. The van der Waals surface area contributed by atoms with E-state index in [4.69, 9.17) is 14.5 Å². The van der Waals surface area contributed by atoms with Gasteiger partial charge in [0.15, 0.2) is 0 Å². The largest absolute Gasteiger partial charge is 0.497 e. The van der Waals surface area contributed by atoms with E-state index in [9.17, 15) is 4.79 Å². The number of para-hydroxylation sites is 2. The molecule has 0 atom stereocenters. The summed E-state index contributed by atoms with van der Waals surface area (Å²) in [6.07, 6.45) is 0.625. The van der Waals surface area contributed by atoms with Gasteiger partial charge in [0.2, 0.25) is 0 Å². The quantitative estimate of drug-likeness (QED) is 0.407. The monoisotopic (exact) mass is 443 g/mol. The smallest absolute Gasteiger partial charge is 0.251 e. The highest BCUT2D eigenvalue weighted by Gasteiger charge is 2.12. The maximum atomic E-state index is 12.5. The number of rotatable bonds is 9. The molecule has 0 spiro atoms. The molecule has 0 aliphatic rings. The highest BCUT2D eigenvalue weighted by Crippen LogP contribution is 2.19. The van der Waals surface area contributed by atoms with Crippen LogP contribution in [0.15, 0.2) is 66.7 Å². The molecule has 3 aromatic carbocycles. The van der Waals surface area contributed by atoms with Crippen molar-refractivity contribution in [3.05, 3.63) is 89.2 Å². The van der Waals surface area contributed by atoms with Gasteiger partial charge in [0.05, 0.1) is 24.7 Å². The van der Waals surface area contributed by atoms with Crippen molar-refractivity contribution < 1.29 is 14.3 Å². The van der Waals surface area contributed by atoms with E-state index in [1.54, 1.807) is 31.4 Å². The zero-order chi connectivity index (χ0) is 23.2. The lowest BCUT2D eigenvalue weighted by Gasteiger charge is -2.12. The molecule has 6 heteroatoms. The van der Waals surface area contributed by atoms with Crippen molar-refractivity contribution in [2.24, 2.45) is 0 Å². The number of methoxy groups -OCH3 is 1. The van der Waals surface area contributed by atoms with Crippen LogP contribution in [-0.4, -0.2) is 35.7 Å². The van der Waals surface area contributed by atoms with Gasteiger partial charge in [-0.05, 0) is 73.5 Å². The van der Waals surface area contributed by atoms with Gasteiger partial charge in [0.25, 0.3) is 5.91 Å². The lowest BCUT2D eigenvalue weighted by atomic mass is 10.1. The molecule has 0 unspecified atom stereocenters. The molecule has 0 aliphatic carbocycles. The average molecular weight is 444 g/mol. The van der Waals surface area contributed by atoms with Crippen LogP contribution in [0.5, 0.6) is 11.5 Å². The summed E-state index contributed by atoms with van der Waals surface area (Å²) in [5.74, 6) is 2.42. The third-order valence-electron chi connectivity index (χ3n) is 5.50. The van der Waals surface area contributed by atoms with E-state index < -0.39 is 0 Å². The van der Waals surface area contributed by atoms with Gasteiger partial charge >= 0.3 is 0 Å². The summed E-state index contributed by atoms with van der Waals surface area (Å²) >= 11 is 0.